The number of carbonyl (C=O) groups is 3. The summed E-state index contributed by atoms with van der Waals surface area (Å²) in [5.41, 5.74) is 1.97. The molecule has 1 saturated carbocycles. The minimum atomic E-state index is -0.779. The Hall–Kier alpha value is -4.03. The number of rotatable bonds is 7. The number of amides is 2. The van der Waals surface area contributed by atoms with E-state index in [-0.39, 0.29) is 48.4 Å². The molecule has 1 saturated heterocycles. The summed E-state index contributed by atoms with van der Waals surface area (Å²) in [6.07, 6.45) is 3.79. The van der Waals surface area contributed by atoms with E-state index in [1.165, 1.54) is 11.6 Å². The van der Waals surface area contributed by atoms with Crippen LogP contribution < -0.4 is 5.32 Å². The van der Waals surface area contributed by atoms with E-state index in [9.17, 15) is 19.5 Å². The van der Waals surface area contributed by atoms with Gasteiger partial charge in [-0.15, -0.1) is 0 Å². The zero-order chi connectivity index (χ0) is 29.1. The molecule has 1 aliphatic carbocycles. The monoisotopic (exact) mass is 617 g/mol. The highest BCUT2D eigenvalue weighted by Gasteiger charge is 2.72. The quantitative estimate of drug-likeness (QED) is 0.237. The van der Waals surface area contributed by atoms with Crippen LogP contribution in [0.1, 0.15) is 36.6 Å². The Morgan fingerprint density at radius 3 is 2.59 bits per heavy atom. The number of aromatic nitrogens is 5. The summed E-state index contributed by atoms with van der Waals surface area (Å²) in [7, 11) is 0. The molecule has 11 nitrogen and oxygen atoms in total. The first-order valence-corrected chi connectivity index (χ1v) is 14.1. The SMILES string of the molecule is CC(=O)c1nn(CC(=O)N2[C@H]3[C@@H](C)[C@@]3(CO)C[C@H]2C(=O)Nc2cccc(Br)n2)c2ccc(-c3cnc(C)nc3)cc12. The van der Waals surface area contributed by atoms with Crippen molar-refractivity contribution in [2.75, 3.05) is 11.9 Å². The van der Waals surface area contributed by atoms with Gasteiger partial charge in [-0.25, -0.2) is 15.0 Å². The van der Waals surface area contributed by atoms with E-state index in [4.69, 9.17) is 0 Å². The molecule has 1 aliphatic heterocycles. The lowest BCUT2D eigenvalue weighted by atomic mass is 9.97. The number of halogens is 1. The van der Waals surface area contributed by atoms with Crippen LogP contribution in [0.25, 0.3) is 22.0 Å². The van der Waals surface area contributed by atoms with Crippen molar-refractivity contribution in [2.45, 2.75) is 45.8 Å². The molecule has 0 spiro atoms. The summed E-state index contributed by atoms with van der Waals surface area (Å²) in [5, 5.41) is 18.2. The number of Topliss-reactive ketones (excluding diaryl/α,β-unsaturated/α-hetero) is 1. The second kappa shape index (κ2) is 10.1. The van der Waals surface area contributed by atoms with E-state index in [2.05, 4.69) is 41.3 Å². The number of hydrogen-bond donors (Lipinski definition) is 2. The van der Waals surface area contributed by atoms with E-state index in [1.54, 1.807) is 42.4 Å². The Labute approximate surface area is 244 Å². The highest BCUT2D eigenvalue weighted by atomic mass is 79.9. The third-order valence-corrected chi connectivity index (χ3v) is 8.85. The largest absolute Gasteiger partial charge is 0.396 e. The van der Waals surface area contributed by atoms with Gasteiger partial charge in [0.25, 0.3) is 0 Å². The number of likely N-dealkylation sites (tertiary alicyclic amines) is 1. The molecule has 2 aliphatic rings. The number of piperidine rings is 1. The third kappa shape index (κ3) is 4.60. The zero-order valence-corrected chi connectivity index (χ0v) is 24.3. The second-order valence-corrected chi connectivity index (χ2v) is 11.6. The van der Waals surface area contributed by atoms with Crippen LogP contribution in [0.2, 0.25) is 0 Å². The molecule has 2 N–H and O–H groups in total. The number of carbonyl (C=O) groups excluding carboxylic acids is 3. The zero-order valence-electron chi connectivity index (χ0n) is 22.7. The predicted octanol–water partition coefficient (Wildman–Crippen LogP) is 3.40. The third-order valence-electron chi connectivity index (χ3n) is 8.40. The summed E-state index contributed by atoms with van der Waals surface area (Å²) < 4.78 is 2.09. The number of nitrogens with one attached hydrogen (secondary N) is 1. The van der Waals surface area contributed by atoms with Crippen molar-refractivity contribution in [3.8, 4) is 11.1 Å². The van der Waals surface area contributed by atoms with Gasteiger partial charge in [-0.05, 0) is 65.0 Å². The Morgan fingerprint density at radius 1 is 1.15 bits per heavy atom. The van der Waals surface area contributed by atoms with Crippen molar-refractivity contribution < 1.29 is 19.5 Å². The van der Waals surface area contributed by atoms with Gasteiger partial charge in [-0.2, -0.15) is 5.10 Å². The second-order valence-electron chi connectivity index (χ2n) is 10.8. The maximum atomic E-state index is 13.9. The van der Waals surface area contributed by atoms with Crippen LogP contribution in [0.15, 0.2) is 53.4 Å². The summed E-state index contributed by atoms with van der Waals surface area (Å²) >= 11 is 3.30. The van der Waals surface area contributed by atoms with Gasteiger partial charge in [-0.1, -0.05) is 19.1 Å². The van der Waals surface area contributed by atoms with Gasteiger partial charge in [0.15, 0.2) is 5.78 Å². The molecule has 2 fully saturated rings. The van der Waals surface area contributed by atoms with Crippen LogP contribution in [-0.4, -0.2) is 71.0 Å². The number of pyridine rings is 1. The molecule has 1 aromatic carbocycles. The first-order chi connectivity index (χ1) is 19.6. The average Bonchev–Trinajstić information content (AvgIpc) is 3.23. The van der Waals surface area contributed by atoms with Crippen LogP contribution >= 0.6 is 15.9 Å². The Bertz CT molecular complexity index is 1710. The number of aryl methyl sites for hydroxylation is 1. The lowest BCUT2D eigenvalue weighted by molar-refractivity contribution is -0.138. The number of hydrogen-bond acceptors (Lipinski definition) is 8. The molecule has 0 radical (unpaired) electrons. The molecule has 0 bridgehead atoms. The van der Waals surface area contributed by atoms with E-state index < -0.39 is 11.5 Å². The van der Waals surface area contributed by atoms with E-state index in [0.717, 1.165) is 11.1 Å². The number of aliphatic hydroxyl groups is 1. The van der Waals surface area contributed by atoms with Crippen LogP contribution in [0.3, 0.4) is 0 Å². The lowest BCUT2D eigenvalue weighted by Gasteiger charge is -2.28. The van der Waals surface area contributed by atoms with Crippen molar-refractivity contribution in [3.05, 3.63) is 64.9 Å². The molecule has 41 heavy (non-hydrogen) atoms. The van der Waals surface area contributed by atoms with E-state index in [1.807, 2.05) is 25.1 Å². The molecule has 4 heterocycles. The molecule has 210 valence electrons. The van der Waals surface area contributed by atoms with Crippen LogP contribution in [-0.2, 0) is 16.1 Å². The molecule has 2 amide bonds. The predicted molar refractivity (Wildman–Crippen MR) is 154 cm³/mol. The molecule has 3 aromatic heterocycles. The van der Waals surface area contributed by atoms with E-state index in [0.29, 0.717) is 33.6 Å². The Morgan fingerprint density at radius 2 is 1.90 bits per heavy atom. The van der Waals surface area contributed by atoms with Gasteiger partial charge in [-0.3, -0.25) is 19.1 Å². The van der Waals surface area contributed by atoms with Crippen LogP contribution in [0.4, 0.5) is 5.82 Å². The molecule has 0 unspecified atom stereocenters. The lowest BCUT2D eigenvalue weighted by Crippen LogP contribution is -2.47. The fourth-order valence-electron chi connectivity index (χ4n) is 6.18. The number of nitrogens with zero attached hydrogens (tertiary/aromatic N) is 6. The van der Waals surface area contributed by atoms with Gasteiger partial charge in [0.05, 0.1) is 12.1 Å². The normalized spacial score (nSPS) is 23.0. The maximum Gasteiger partial charge on any atom is 0.248 e. The van der Waals surface area contributed by atoms with Gasteiger partial charge in [0.2, 0.25) is 11.8 Å². The molecule has 4 aromatic rings. The van der Waals surface area contributed by atoms with Crippen molar-refractivity contribution in [3.63, 3.8) is 0 Å². The minimum Gasteiger partial charge on any atom is -0.396 e. The average molecular weight is 618 g/mol. The van der Waals surface area contributed by atoms with Gasteiger partial charge in [0, 0.05) is 41.7 Å². The van der Waals surface area contributed by atoms with Gasteiger partial charge < -0.3 is 15.3 Å². The Balaban J connectivity index is 1.31. The van der Waals surface area contributed by atoms with Gasteiger partial charge in [0.1, 0.15) is 34.5 Å². The standard InChI is InChI=1S/C29H28BrN7O4/c1-15-27-29(15,14-38)10-22(28(41)34-24-6-4-5-23(30)33-24)37(27)25(40)13-36-21-8-7-18(19-11-31-17(3)32-12-19)9-20(21)26(35-36)16(2)39/h4-9,11-12,15,22,27,38H,10,13-14H2,1-3H3,(H,33,34,41)/t15-,22+,27+,29+/m1/s1. The number of fused-ring (bicyclic) bond motifs is 2. The van der Waals surface area contributed by atoms with Crippen molar-refractivity contribution in [1.82, 2.24) is 29.6 Å². The summed E-state index contributed by atoms with van der Waals surface area (Å²) in [4.78, 5) is 54.2. The van der Waals surface area contributed by atoms with E-state index >= 15 is 0 Å². The molecular formula is C29H28BrN7O4. The van der Waals surface area contributed by atoms with Crippen molar-refractivity contribution in [2.24, 2.45) is 11.3 Å². The molecular weight excluding hydrogens is 590 g/mol. The van der Waals surface area contributed by atoms with Crippen LogP contribution in [0.5, 0.6) is 0 Å². The number of benzene rings is 1. The summed E-state index contributed by atoms with van der Waals surface area (Å²) in [5.74, 6) is 0.160. The highest BCUT2D eigenvalue weighted by molar-refractivity contribution is 9.10. The number of ketones is 1. The Kier molecular flexibility index (Phi) is 6.69. The molecule has 6 rings (SSSR count). The summed E-state index contributed by atoms with van der Waals surface area (Å²) in [6, 6.07) is 9.68. The van der Waals surface area contributed by atoms with Gasteiger partial charge >= 0.3 is 0 Å². The maximum absolute atomic E-state index is 13.9. The smallest absolute Gasteiger partial charge is 0.248 e. The van der Waals surface area contributed by atoms with Crippen molar-refractivity contribution in [1.29, 1.82) is 0 Å². The topological polar surface area (TPSA) is 143 Å². The number of aliphatic hydroxyl groups excluding tert-OH is 1. The fraction of sp³-hybridized carbons (Fsp3) is 0.345. The minimum absolute atomic E-state index is 0.0472. The summed E-state index contributed by atoms with van der Waals surface area (Å²) in [6.45, 7) is 4.94. The molecule has 12 heteroatoms. The van der Waals surface area contributed by atoms with Crippen molar-refractivity contribution >= 4 is 50.2 Å². The fourth-order valence-corrected chi connectivity index (χ4v) is 6.52. The number of anilines is 1. The van der Waals surface area contributed by atoms with Crippen LogP contribution in [0, 0.1) is 18.3 Å². The highest BCUT2D eigenvalue weighted by Crippen LogP contribution is 2.64. The first kappa shape index (κ1) is 27.2. The first-order valence-electron chi connectivity index (χ1n) is 13.3. The molecule has 4 atom stereocenters.